The number of rotatable bonds is 5. The number of hydrogen-bond donors (Lipinski definition) is 2. The van der Waals surface area contributed by atoms with Gasteiger partial charge in [0.2, 0.25) is 5.91 Å². The molecule has 0 aliphatic carbocycles. The first kappa shape index (κ1) is 14.4. The summed E-state index contributed by atoms with van der Waals surface area (Å²) in [6.07, 6.45) is 2.64. The molecule has 1 aromatic carbocycles. The van der Waals surface area contributed by atoms with Crippen LogP contribution in [0.1, 0.15) is 24.0 Å². The summed E-state index contributed by atoms with van der Waals surface area (Å²) in [6.45, 7) is 1.79. The van der Waals surface area contributed by atoms with Crippen molar-refractivity contribution in [3.8, 4) is 0 Å². The molecule has 0 bridgehead atoms. The first-order chi connectivity index (χ1) is 9.28. The van der Waals surface area contributed by atoms with Crippen molar-refractivity contribution < 1.29 is 9.53 Å². The molecule has 0 radical (unpaired) electrons. The normalized spacial score (nSPS) is 16.3. The molecule has 1 aromatic rings. The lowest BCUT2D eigenvalue weighted by Gasteiger charge is -2.21. The highest BCUT2D eigenvalue weighted by molar-refractivity contribution is 7.99. The Balaban J connectivity index is 1.79. The van der Waals surface area contributed by atoms with Crippen LogP contribution in [0.3, 0.4) is 0 Å². The Morgan fingerprint density at radius 2 is 1.89 bits per heavy atom. The fourth-order valence-electron chi connectivity index (χ4n) is 2.05. The van der Waals surface area contributed by atoms with Gasteiger partial charge < -0.3 is 4.74 Å². The quantitative estimate of drug-likeness (QED) is 0.489. The molecular weight excluding hydrogens is 260 g/mol. The van der Waals surface area contributed by atoms with Crippen LogP contribution in [0.2, 0.25) is 0 Å². The molecule has 1 fully saturated rings. The number of carbonyl (C=O) groups is 1. The molecule has 0 saturated carbocycles. The predicted molar refractivity (Wildman–Crippen MR) is 77.6 cm³/mol. The van der Waals surface area contributed by atoms with Crippen molar-refractivity contribution in [2.24, 2.45) is 5.84 Å². The first-order valence-corrected chi connectivity index (χ1v) is 7.59. The van der Waals surface area contributed by atoms with Gasteiger partial charge in [0.25, 0.3) is 0 Å². The molecule has 5 heteroatoms. The fourth-order valence-corrected chi connectivity index (χ4v) is 3.19. The number of ether oxygens (including phenoxy) is 1. The lowest BCUT2D eigenvalue weighted by atomic mass is 10.1. The van der Waals surface area contributed by atoms with Gasteiger partial charge in [0.1, 0.15) is 0 Å². The Bertz CT molecular complexity index is 402. The molecule has 19 heavy (non-hydrogen) atoms. The van der Waals surface area contributed by atoms with E-state index in [1.807, 2.05) is 23.9 Å². The van der Waals surface area contributed by atoms with E-state index in [4.69, 9.17) is 10.6 Å². The van der Waals surface area contributed by atoms with E-state index in [1.54, 1.807) is 0 Å². The van der Waals surface area contributed by atoms with Crippen LogP contribution in [0.25, 0.3) is 0 Å². The number of hydrazine groups is 1. The topological polar surface area (TPSA) is 64.3 Å². The highest BCUT2D eigenvalue weighted by Gasteiger charge is 2.13. The van der Waals surface area contributed by atoms with Crippen LogP contribution in [0.15, 0.2) is 24.3 Å². The fraction of sp³-hybridized carbons (Fsp3) is 0.500. The summed E-state index contributed by atoms with van der Waals surface area (Å²) in [4.78, 5) is 11.1. The monoisotopic (exact) mass is 280 g/mol. The van der Waals surface area contributed by atoms with E-state index in [-0.39, 0.29) is 5.91 Å². The van der Waals surface area contributed by atoms with Crippen molar-refractivity contribution in [3.05, 3.63) is 35.4 Å². The molecule has 3 N–H and O–H groups in total. The predicted octanol–water partition coefficient (Wildman–Crippen LogP) is 1.63. The Morgan fingerprint density at radius 1 is 1.26 bits per heavy atom. The summed E-state index contributed by atoms with van der Waals surface area (Å²) in [5.41, 5.74) is 4.43. The van der Waals surface area contributed by atoms with Gasteiger partial charge in [-0.15, -0.1) is 0 Å². The second-order valence-electron chi connectivity index (χ2n) is 4.68. The standard InChI is InChI=1S/C14H20N2O2S/c15-16-14(17)9-11-1-3-12(4-2-11)10-19-13-5-7-18-8-6-13/h1-4,13H,5-10,15H2,(H,16,17). The van der Waals surface area contributed by atoms with Gasteiger partial charge in [-0.1, -0.05) is 24.3 Å². The molecule has 104 valence electrons. The molecular formula is C14H20N2O2S. The molecule has 0 unspecified atom stereocenters. The maximum Gasteiger partial charge on any atom is 0.238 e. The molecule has 4 nitrogen and oxygen atoms in total. The van der Waals surface area contributed by atoms with Crippen molar-refractivity contribution >= 4 is 17.7 Å². The van der Waals surface area contributed by atoms with Gasteiger partial charge in [-0.3, -0.25) is 10.2 Å². The van der Waals surface area contributed by atoms with Crippen LogP contribution in [0, 0.1) is 0 Å². The highest BCUT2D eigenvalue weighted by atomic mass is 32.2. The number of nitrogens with one attached hydrogen (secondary N) is 1. The molecule has 1 heterocycles. The molecule has 0 spiro atoms. The van der Waals surface area contributed by atoms with Gasteiger partial charge in [0.15, 0.2) is 0 Å². The molecule has 0 aromatic heterocycles. The Labute approximate surface area is 118 Å². The van der Waals surface area contributed by atoms with Crippen molar-refractivity contribution in [2.45, 2.75) is 30.3 Å². The van der Waals surface area contributed by atoms with E-state index in [2.05, 4.69) is 17.6 Å². The average Bonchev–Trinajstić information content (AvgIpc) is 2.47. The van der Waals surface area contributed by atoms with Crippen molar-refractivity contribution in [1.82, 2.24) is 5.43 Å². The molecule has 1 amide bonds. The zero-order valence-corrected chi connectivity index (χ0v) is 11.7. The number of hydrogen-bond acceptors (Lipinski definition) is 4. The summed E-state index contributed by atoms with van der Waals surface area (Å²) in [7, 11) is 0. The van der Waals surface area contributed by atoms with Crippen LogP contribution in [0.4, 0.5) is 0 Å². The summed E-state index contributed by atoms with van der Waals surface area (Å²) < 4.78 is 5.35. The van der Waals surface area contributed by atoms with Gasteiger partial charge in [0.05, 0.1) is 6.42 Å². The van der Waals surface area contributed by atoms with E-state index in [9.17, 15) is 4.79 Å². The number of amides is 1. The molecule has 0 atom stereocenters. The zero-order valence-electron chi connectivity index (χ0n) is 10.9. The Kier molecular flexibility index (Phi) is 5.69. The van der Waals surface area contributed by atoms with Crippen LogP contribution in [0.5, 0.6) is 0 Å². The molecule has 2 rings (SSSR count). The highest BCUT2D eigenvalue weighted by Crippen LogP contribution is 2.25. The zero-order chi connectivity index (χ0) is 13.5. The summed E-state index contributed by atoms with van der Waals surface area (Å²) in [5.74, 6) is 5.93. The number of benzene rings is 1. The lowest BCUT2D eigenvalue weighted by Crippen LogP contribution is -2.31. The second kappa shape index (κ2) is 7.53. The summed E-state index contributed by atoms with van der Waals surface area (Å²) in [5, 5.41) is 0.719. The SMILES string of the molecule is NNC(=O)Cc1ccc(CSC2CCOCC2)cc1. The minimum atomic E-state index is -0.163. The third kappa shape index (κ3) is 4.86. The Hall–Kier alpha value is -1.04. The van der Waals surface area contributed by atoms with Crippen molar-refractivity contribution in [1.29, 1.82) is 0 Å². The van der Waals surface area contributed by atoms with Crippen LogP contribution in [-0.4, -0.2) is 24.4 Å². The first-order valence-electron chi connectivity index (χ1n) is 6.54. The van der Waals surface area contributed by atoms with Crippen molar-refractivity contribution in [2.75, 3.05) is 13.2 Å². The van der Waals surface area contributed by atoms with E-state index in [0.717, 1.165) is 42.6 Å². The van der Waals surface area contributed by atoms with Gasteiger partial charge in [-0.05, 0) is 24.0 Å². The number of carbonyl (C=O) groups excluding carboxylic acids is 1. The number of thioether (sulfide) groups is 1. The van der Waals surface area contributed by atoms with E-state index < -0.39 is 0 Å². The van der Waals surface area contributed by atoms with Crippen LogP contribution in [-0.2, 0) is 21.7 Å². The van der Waals surface area contributed by atoms with E-state index in [1.165, 1.54) is 5.56 Å². The van der Waals surface area contributed by atoms with E-state index >= 15 is 0 Å². The smallest absolute Gasteiger partial charge is 0.238 e. The third-order valence-electron chi connectivity index (χ3n) is 3.20. The maximum absolute atomic E-state index is 11.1. The maximum atomic E-state index is 11.1. The summed E-state index contributed by atoms with van der Waals surface area (Å²) in [6, 6.07) is 8.17. The summed E-state index contributed by atoms with van der Waals surface area (Å²) >= 11 is 2.00. The largest absolute Gasteiger partial charge is 0.381 e. The van der Waals surface area contributed by atoms with Gasteiger partial charge in [-0.2, -0.15) is 11.8 Å². The van der Waals surface area contributed by atoms with Crippen LogP contribution >= 0.6 is 11.8 Å². The second-order valence-corrected chi connectivity index (χ2v) is 5.97. The van der Waals surface area contributed by atoms with Gasteiger partial charge >= 0.3 is 0 Å². The van der Waals surface area contributed by atoms with Gasteiger partial charge in [-0.25, -0.2) is 5.84 Å². The number of nitrogens with two attached hydrogens (primary N) is 1. The van der Waals surface area contributed by atoms with Crippen LogP contribution < -0.4 is 11.3 Å². The minimum Gasteiger partial charge on any atom is -0.381 e. The molecule has 1 aliphatic heterocycles. The van der Waals surface area contributed by atoms with Gasteiger partial charge in [0, 0.05) is 24.2 Å². The lowest BCUT2D eigenvalue weighted by molar-refractivity contribution is -0.120. The molecule has 1 aliphatic rings. The molecule has 1 saturated heterocycles. The average molecular weight is 280 g/mol. The minimum absolute atomic E-state index is 0.163. The third-order valence-corrected chi connectivity index (χ3v) is 4.65. The Morgan fingerprint density at radius 3 is 2.53 bits per heavy atom. The van der Waals surface area contributed by atoms with E-state index in [0.29, 0.717) is 6.42 Å². The van der Waals surface area contributed by atoms with Crippen molar-refractivity contribution in [3.63, 3.8) is 0 Å².